The van der Waals surface area contributed by atoms with Crippen LogP contribution < -0.4 is 4.90 Å². The molecule has 24 heavy (non-hydrogen) atoms. The van der Waals surface area contributed by atoms with E-state index >= 15 is 0 Å². The van der Waals surface area contributed by atoms with Crippen LogP contribution in [0, 0.1) is 0 Å². The topological polar surface area (TPSA) is 35.8 Å². The van der Waals surface area contributed by atoms with E-state index in [0.717, 1.165) is 11.3 Å². The van der Waals surface area contributed by atoms with Crippen molar-refractivity contribution in [3.63, 3.8) is 0 Å². The van der Waals surface area contributed by atoms with Crippen LogP contribution in [0.2, 0.25) is 0 Å². The standard InChI is InChI=1S/C21H22N2O/c1-21(2)18-10-6-7-11-19(18)23-14-17(24)12-15(20(21)23)13-22-16-8-4-3-5-9-16/h3-11,13,17,24H,12,14H2,1-2H3. The number of aliphatic imine (C=N–C) groups is 1. The van der Waals surface area contributed by atoms with Gasteiger partial charge in [-0.25, -0.2) is 0 Å². The molecule has 0 fully saturated rings. The number of nitrogens with zero attached hydrogens (tertiary/aromatic N) is 2. The van der Waals surface area contributed by atoms with Gasteiger partial charge < -0.3 is 10.0 Å². The van der Waals surface area contributed by atoms with Crippen LogP contribution in [0.25, 0.3) is 0 Å². The number of anilines is 1. The van der Waals surface area contributed by atoms with Crippen LogP contribution in [0.5, 0.6) is 0 Å². The van der Waals surface area contributed by atoms with E-state index in [1.54, 1.807) is 0 Å². The van der Waals surface area contributed by atoms with Crippen molar-refractivity contribution < 1.29 is 5.11 Å². The van der Waals surface area contributed by atoms with E-state index in [9.17, 15) is 5.11 Å². The minimum absolute atomic E-state index is 0.0746. The second-order valence-electron chi connectivity index (χ2n) is 7.08. The fourth-order valence-corrected chi connectivity index (χ4v) is 3.99. The Morgan fingerprint density at radius 1 is 1.08 bits per heavy atom. The van der Waals surface area contributed by atoms with E-state index in [0.29, 0.717) is 13.0 Å². The molecule has 0 saturated heterocycles. The molecule has 2 heterocycles. The van der Waals surface area contributed by atoms with E-state index < -0.39 is 0 Å². The first-order valence-corrected chi connectivity index (χ1v) is 8.45. The van der Waals surface area contributed by atoms with Crippen molar-refractivity contribution in [2.75, 3.05) is 11.4 Å². The molecule has 2 aromatic rings. The smallest absolute Gasteiger partial charge is 0.0760 e. The number of para-hydroxylation sites is 2. The Balaban J connectivity index is 1.82. The lowest BCUT2D eigenvalue weighted by Crippen LogP contribution is -2.39. The summed E-state index contributed by atoms with van der Waals surface area (Å²) in [6.45, 7) is 5.17. The molecule has 0 aromatic heterocycles. The normalized spacial score (nSPS) is 22.0. The number of hydrogen-bond donors (Lipinski definition) is 1. The van der Waals surface area contributed by atoms with Crippen LogP contribution in [0.3, 0.4) is 0 Å². The highest BCUT2D eigenvalue weighted by atomic mass is 16.3. The second-order valence-corrected chi connectivity index (χ2v) is 7.08. The van der Waals surface area contributed by atoms with Gasteiger partial charge in [0, 0.05) is 36.0 Å². The Morgan fingerprint density at radius 3 is 2.58 bits per heavy atom. The average Bonchev–Trinajstić information content (AvgIpc) is 2.82. The lowest BCUT2D eigenvalue weighted by molar-refractivity contribution is 0.177. The molecule has 0 saturated carbocycles. The number of fused-ring (bicyclic) bond motifs is 3. The highest BCUT2D eigenvalue weighted by Gasteiger charge is 2.44. The molecule has 3 nitrogen and oxygen atoms in total. The molecule has 0 radical (unpaired) electrons. The minimum atomic E-state index is -0.368. The molecule has 122 valence electrons. The van der Waals surface area contributed by atoms with Crippen molar-refractivity contribution in [3.8, 4) is 0 Å². The van der Waals surface area contributed by atoms with E-state index in [1.807, 2.05) is 36.5 Å². The van der Waals surface area contributed by atoms with Crippen molar-refractivity contribution >= 4 is 17.6 Å². The molecular weight excluding hydrogens is 296 g/mol. The molecule has 2 aliphatic heterocycles. The van der Waals surface area contributed by atoms with Gasteiger partial charge in [0.2, 0.25) is 0 Å². The van der Waals surface area contributed by atoms with Gasteiger partial charge in [-0.3, -0.25) is 4.99 Å². The summed E-state index contributed by atoms with van der Waals surface area (Å²) in [6.07, 6.45) is 2.22. The molecule has 2 aliphatic rings. The maximum Gasteiger partial charge on any atom is 0.0760 e. The zero-order valence-corrected chi connectivity index (χ0v) is 14.1. The van der Waals surface area contributed by atoms with Crippen LogP contribution >= 0.6 is 0 Å². The van der Waals surface area contributed by atoms with E-state index in [1.165, 1.54) is 16.9 Å². The van der Waals surface area contributed by atoms with Crippen molar-refractivity contribution in [1.29, 1.82) is 0 Å². The number of benzene rings is 2. The highest BCUT2D eigenvalue weighted by Crippen LogP contribution is 2.50. The third-order valence-corrected chi connectivity index (χ3v) is 5.01. The SMILES string of the molecule is CC1(C)C2=C(C=Nc3ccccc3)CC(O)CN2c2ccccc21. The zero-order chi connectivity index (χ0) is 16.7. The van der Waals surface area contributed by atoms with Crippen LogP contribution in [0.15, 0.2) is 70.9 Å². The van der Waals surface area contributed by atoms with E-state index in [-0.39, 0.29) is 11.5 Å². The van der Waals surface area contributed by atoms with Gasteiger partial charge in [0.15, 0.2) is 0 Å². The maximum atomic E-state index is 10.4. The lowest BCUT2D eigenvalue weighted by Gasteiger charge is -2.35. The number of hydrogen-bond acceptors (Lipinski definition) is 3. The van der Waals surface area contributed by atoms with Crippen molar-refractivity contribution in [2.24, 2.45) is 4.99 Å². The first-order chi connectivity index (χ1) is 11.6. The number of aliphatic hydroxyl groups excluding tert-OH is 1. The molecule has 3 heteroatoms. The molecular formula is C21H22N2O. The Bertz CT molecular complexity index is 821. The minimum Gasteiger partial charge on any atom is -0.391 e. The second kappa shape index (κ2) is 5.60. The lowest BCUT2D eigenvalue weighted by atomic mass is 9.80. The number of aliphatic hydroxyl groups is 1. The molecule has 1 atom stereocenters. The van der Waals surface area contributed by atoms with Crippen LogP contribution in [0.4, 0.5) is 11.4 Å². The predicted molar refractivity (Wildman–Crippen MR) is 99.1 cm³/mol. The average molecular weight is 318 g/mol. The summed E-state index contributed by atoms with van der Waals surface area (Å²) in [7, 11) is 0. The van der Waals surface area contributed by atoms with Crippen LogP contribution in [-0.4, -0.2) is 24.0 Å². The van der Waals surface area contributed by atoms with Gasteiger partial charge in [-0.05, 0) is 29.3 Å². The van der Waals surface area contributed by atoms with Crippen molar-refractivity contribution in [1.82, 2.24) is 0 Å². The summed E-state index contributed by atoms with van der Waals surface area (Å²) in [5, 5.41) is 10.4. The van der Waals surface area contributed by atoms with Gasteiger partial charge in [0.05, 0.1) is 11.8 Å². The highest BCUT2D eigenvalue weighted by molar-refractivity contribution is 5.87. The largest absolute Gasteiger partial charge is 0.391 e. The molecule has 1 unspecified atom stereocenters. The molecule has 0 aliphatic carbocycles. The molecule has 2 aromatic carbocycles. The van der Waals surface area contributed by atoms with Gasteiger partial charge in [-0.15, -0.1) is 0 Å². The summed E-state index contributed by atoms with van der Waals surface area (Å²) >= 11 is 0. The molecule has 0 amide bonds. The summed E-state index contributed by atoms with van der Waals surface area (Å²) in [5.74, 6) is 0. The third-order valence-electron chi connectivity index (χ3n) is 5.01. The summed E-state index contributed by atoms with van der Waals surface area (Å²) in [5.41, 5.74) is 5.79. The summed E-state index contributed by atoms with van der Waals surface area (Å²) < 4.78 is 0. The van der Waals surface area contributed by atoms with Gasteiger partial charge in [-0.1, -0.05) is 50.2 Å². The number of allylic oxidation sites excluding steroid dienone is 1. The maximum absolute atomic E-state index is 10.4. The molecule has 4 rings (SSSR count). The third kappa shape index (κ3) is 2.36. The predicted octanol–water partition coefficient (Wildman–Crippen LogP) is 4.21. The molecule has 0 spiro atoms. The van der Waals surface area contributed by atoms with Crippen LogP contribution in [-0.2, 0) is 5.41 Å². The first-order valence-electron chi connectivity index (χ1n) is 8.45. The summed E-state index contributed by atoms with van der Waals surface area (Å²) in [4.78, 5) is 6.91. The molecule has 0 bridgehead atoms. The van der Waals surface area contributed by atoms with Gasteiger partial charge in [-0.2, -0.15) is 0 Å². The van der Waals surface area contributed by atoms with Gasteiger partial charge in [0.1, 0.15) is 0 Å². The molecule has 1 N–H and O–H groups in total. The monoisotopic (exact) mass is 318 g/mol. The van der Waals surface area contributed by atoms with Gasteiger partial charge in [0.25, 0.3) is 0 Å². The fourth-order valence-electron chi connectivity index (χ4n) is 3.99. The Hall–Kier alpha value is -2.39. The van der Waals surface area contributed by atoms with Crippen LogP contribution in [0.1, 0.15) is 25.8 Å². The Kier molecular flexibility index (Phi) is 3.54. The fraction of sp³-hybridized carbons (Fsp3) is 0.286. The van der Waals surface area contributed by atoms with Crippen molar-refractivity contribution in [3.05, 3.63) is 71.4 Å². The Labute approximate surface area is 143 Å². The quantitative estimate of drug-likeness (QED) is 0.842. The van der Waals surface area contributed by atoms with E-state index in [4.69, 9.17) is 0 Å². The van der Waals surface area contributed by atoms with Crippen molar-refractivity contribution in [2.45, 2.75) is 31.8 Å². The van der Waals surface area contributed by atoms with Gasteiger partial charge >= 0.3 is 0 Å². The Morgan fingerprint density at radius 2 is 1.79 bits per heavy atom. The summed E-state index contributed by atoms with van der Waals surface area (Å²) in [6, 6.07) is 18.4. The van der Waals surface area contributed by atoms with E-state index in [2.05, 4.69) is 48.0 Å². The number of rotatable bonds is 2. The zero-order valence-electron chi connectivity index (χ0n) is 14.1. The first kappa shape index (κ1) is 15.2.